The molecule has 6 atom stereocenters. The highest BCUT2D eigenvalue weighted by atomic mass is 79.9. The van der Waals surface area contributed by atoms with Crippen molar-refractivity contribution in [2.24, 2.45) is 11.8 Å². The van der Waals surface area contributed by atoms with Gasteiger partial charge >= 0.3 is 0 Å². The molecule has 3 N–H and O–H groups in total. The maximum absolute atomic E-state index is 13.9. The zero-order chi connectivity index (χ0) is 25.6. The summed E-state index contributed by atoms with van der Waals surface area (Å²) in [5.74, 6) is -1.76. The van der Waals surface area contributed by atoms with E-state index in [2.05, 4.69) is 26.6 Å². The number of halogens is 1. The molecule has 3 fully saturated rings. The molecule has 0 aliphatic carbocycles. The molecule has 2 aromatic rings. The molecule has 3 unspecified atom stereocenters. The third-order valence-corrected chi connectivity index (χ3v) is 10.9. The van der Waals surface area contributed by atoms with Crippen LogP contribution in [0.2, 0.25) is 0 Å². The molecule has 0 saturated carbocycles. The molecule has 5 rings (SSSR count). The number of likely N-dealkylation sites (tertiary alicyclic amines) is 1. The number of aliphatic hydroxyl groups excluding tert-OH is 1. The first-order chi connectivity index (χ1) is 17.3. The van der Waals surface area contributed by atoms with E-state index in [1.54, 1.807) is 16.7 Å². The number of para-hydroxylation sites is 2. The Kier molecular flexibility index (Phi) is 6.91. The van der Waals surface area contributed by atoms with Crippen LogP contribution < -0.4 is 10.6 Å². The second-order valence-electron chi connectivity index (χ2n) is 9.88. The second-order valence-corrected chi connectivity index (χ2v) is 12.6. The number of thioether (sulfide) groups is 1. The van der Waals surface area contributed by atoms with Gasteiger partial charge in [0.25, 0.3) is 0 Å². The van der Waals surface area contributed by atoms with Gasteiger partial charge in [-0.2, -0.15) is 0 Å². The summed E-state index contributed by atoms with van der Waals surface area (Å²) >= 11 is 5.39. The first-order valence-corrected chi connectivity index (χ1v) is 14.0. The van der Waals surface area contributed by atoms with Gasteiger partial charge in [0.05, 0.1) is 16.6 Å². The van der Waals surface area contributed by atoms with Gasteiger partial charge in [-0.1, -0.05) is 52.3 Å². The molecule has 3 aliphatic heterocycles. The number of fused-ring (bicyclic) bond motifs is 1. The Labute approximate surface area is 223 Å². The van der Waals surface area contributed by atoms with Crippen molar-refractivity contribution in [3.05, 3.63) is 59.7 Å². The summed E-state index contributed by atoms with van der Waals surface area (Å²) in [6.45, 7) is 4.08. The SMILES string of the molecule is Cc1cccc(C)c1NC(=O)C1N(CCCO)C(=O)[C@@H]2[C@@H](C(=O)Nc3ccccc3)[C@@H]3SC12CC3Br. The summed E-state index contributed by atoms with van der Waals surface area (Å²) in [6, 6.07) is 14.3. The lowest BCUT2D eigenvalue weighted by atomic mass is 9.70. The monoisotopic (exact) mass is 571 g/mol. The molecule has 0 aromatic heterocycles. The molecular weight excluding hydrogens is 542 g/mol. The summed E-state index contributed by atoms with van der Waals surface area (Å²) in [4.78, 5) is 43.0. The molecule has 3 heterocycles. The first-order valence-electron chi connectivity index (χ1n) is 12.2. The molecule has 36 heavy (non-hydrogen) atoms. The van der Waals surface area contributed by atoms with Crippen LogP contribution in [0.5, 0.6) is 0 Å². The highest BCUT2D eigenvalue weighted by Gasteiger charge is 2.75. The van der Waals surface area contributed by atoms with E-state index >= 15 is 0 Å². The average Bonchev–Trinajstić information content (AvgIpc) is 3.44. The average molecular weight is 573 g/mol. The van der Waals surface area contributed by atoms with Crippen molar-refractivity contribution >= 4 is 56.8 Å². The Morgan fingerprint density at radius 1 is 1.08 bits per heavy atom. The molecule has 0 radical (unpaired) electrons. The van der Waals surface area contributed by atoms with E-state index in [0.717, 1.165) is 16.8 Å². The van der Waals surface area contributed by atoms with Crippen LogP contribution in [0.4, 0.5) is 11.4 Å². The number of benzene rings is 2. The number of nitrogens with one attached hydrogen (secondary N) is 2. The minimum atomic E-state index is -0.731. The minimum Gasteiger partial charge on any atom is -0.396 e. The highest BCUT2D eigenvalue weighted by molar-refractivity contribution is 9.09. The van der Waals surface area contributed by atoms with Gasteiger partial charge in [0.1, 0.15) is 6.04 Å². The van der Waals surface area contributed by atoms with E-state index in [1.165, 1.54) is 0 Å². The Balaban J connectivity index is 1.50. The number of carbonyl (C=O) groups is 3. The van der Waals surface area contributed by atoms with Crippen LogP contribution in [0, 0.1) is 25.7 Å². The third-order valence-electron chi connectivity index (χ3n) is 7.67. The second kappa shape index (κ2) is 9.84. The fraction of sp³-hybridized carbons (Fsp3) is 0.444. The Hall–Kier alpha value is -2.36. The Morgan fingerprint density at radius 2 is 1.78 bits per heavy atom. The predicted molar refractivity (Wildman–Crippen MR) is 145 cm³/mol. The van der Waals surface area contributed by atoms with Gasteiger partial charge in [-0.15, -0.1) is 11.8 Å². The topological polar surface area (TPSA) is 98.7 Å². The molecule has 2 bridgehead atoms. The van der Waals surface area contributed by atoms with Gasteiger partial charge in [-0.05, 0) is 49.9 Å². The summed E-state index contributed by atoms with van der Waals surface area (Å²) in [5.41, 5.74) is 3.33. The van der Waals surface area contributed by atoms with Gasteiger partial charge in [-0.25, -0.2) is 0 Å². The van der Waals surface area contributed by atoms with Crippen molar-refractivity contribution in [2.75, 3.05) is 23.8 Å². The molecule has 3 saturated heterocycles. The number of anilines is 2. The smallest absolute Gasteiger partial charge is 0.248 e. The first kappa shape index (κ1) is 25.3. The van der Waals surface area contributed by atoms with E-state index in [9.17, 15) is 19.5 Å². The van der Waals surface area contributed by atoms with Crippen LogP contribution >= 0.6 is 27.7 Å². The number of amides is 3. The number of aliphatic hydroxyl groups is 1. The van der Waals surface area contributed by atoms with E-state index in [1.807, 2.05) is 62.4 Å². The molecule has 2 aromatic carbocycles. The highest BCUT2D eigenvalue weighted by Crippen LogP contribution is 2.67. The van der Waals surface area contributed by atoms with Crippen molar-refractivity contribution in [3.63, 3.8) is 0 Å². The number of nitrogens with zero attached hydrogens (tertiary/aromatic N) is 1. The number of aryl methyl sites for hydroxylation is 2. The Bertz CT molecular complexity index is 1170. The number of hydrogen-bond acceptors (Lipinski definition) is 5. The van der Waals surface area contributed by atoms with E-state index in [4.69, 9.17) is 0 Å². The van der Waals surface area contributed by atoms with Gasteiger partial charge in [0.2, 0.25) is 17.7 Å². The zero-order valence-electron chi connectivity index (χ0n) is 20.2. The molecule has 3 amide bonds. The lowest BCUT2D eigenvalue weighted by molar-refractivity contribution is -0.138. The van der Waals surface area contributed by atoms with E-state index in [0.29, 0.717) is 18.5 Å². The molecule has 1 spiro atoms. The van der Waals surface area contributed by atoms with Crippen molar-refractivity contribution in [2.45, 2.75) is 47.6 Å². The van der Waals surface area contributed by atoms with E-state index in [-0.39, 0.29) is 41.0 Å². The van der Waals surface area contributed by atoms with Crippen molar-refractivity contribution in [1.29, 1.82) is 0 Å². The Morgan fingerprint density at radius 3 is 2.44 bits per heavy atom. The minimum absolute atomic E-state index is 0.00589. The van der Waals surface area contributed by atoms with Crippen LogP contribution in [-0.4, -0.2) is 61.7 Å². The van der Waals surface area contributed by atoms with Crippen molar-refractivity contribution in [3.8, 4) is 0 Å². The summed E-state index contributed by atoms with van der Waals surface area (Å²) in [7, 11) is 0. The lowest BCUT2D eigenvalue weighted by Crippen LogP contribution is -2.53. The van der Waals surface area contributed by atoms with Crippen LogP contribution in [0.3, 0.4) is 0 Å². The molecular formula is C27H30BrN3O4S. The largest absolute Gasteiger partial charge is 0.396 e. The fourth-order valence-electron chi connectivity index (χ4n) is 6.16. The summed E-state index contributed by atoms with van der Waals surface area (Å²) < 4.78 is -0.718. The van der Waals surface area contributed by atoms with Crippen LogP contribution in [0.1, 0.15) is 24.0 Å². The maximum Gasteiger partial charge on any atom is 0.248 e. The third kappa shape index (κ3) is 4.05. The molecule has 190 valence electrons. The summed E-state index contributed by atoms with van der Waals surface area (Å²) in [5, 5.41) is 15.5. The van der Waals surface area contributed by atoms with Crippen LogP contribution in [-0.2, 0) is 14.4 Å². The number of hydrogen-bond donors (Lipinski definition) is 3. The number of alkyl halides is 1. The van der Waals surface area contributed by atoms with E-state index < -0.39 is 22.6 Å². The molecule has 3 aliphatic rings. The van der Waals surface area contributed by atoms with Gasteiger partial charge in [0.15, 0.2) is 0 Å². The molecule has 9 heteroatoms. The summed E-state index contributed by atoms with van der Waals surface area (Å²) in [6.07, 6.45) is 0.989. The fourth-order valence-corrected chi connectivity index (χ4v) is 9.77. The van der Waals surface area contributed by atoms with Crippen LogP contribution in [0.15, 0.2) is 48.5 Å². The number of carbonyl (C=O) groups excluding carboxylic acids is 3. The quantitative estimate of drug-likeness (QED) is 0.440. The lowest BCUT2D eigenvalue weighted by Gasteiger charge is -2.35. The van der Waals surface area contributed by atoms with Crippen molar-refractivity contribution in [1.82, 2.24) is 4.90 Å². The maximum atomic E-state index is 13.9. The normalized spacial score (nSPS) is 30.4. The zero-order valence-corrected chi connectivity index (χ0v) is 22.6. The van der Waals surface area contributed by atoms with Crippen LogP contribution in [0.25, 0.3) is 0 Å². The predicted octanol–water partition coefficient (Wildman–Crippen LogP) is 3.73. The van der Waals surface area contributed by atoms with Gasteiger partial charge < -0.3 is 20.6 Å². The number of rotatable bonds is 7. The van der Waals surface area contributed by atoms with Gasteiger partial charge in [-0.3, -0.25) is 14.4 Å². The standard InChI is InChI=1S/C27H30BrN3O4S/c1-15-8-6-9-16(2)21(15)30-25(34)23-27-14-18(28)22(36-27)19(20(27)26(35)31(23)12-7-13-32)24(33)29-17-10-4-3-5-11-17/h3-6,8-11,18-20,22-23,32H,7,12-14H2,1-2H3,(H,29,33)(H,30,34)/t18?,19-,20+,22-,23?,27?/m1/s1. The molecule has 7 nitrogen and oxygen atoms in total. The van der Waals surface area contributed by atoms with Crippen molar-refractivity contribution < 1.29 is 19.5 Å². The van der Waals surface area contributed by atoms with Gasteiger partial charge in [0, 0.05) is 34.6 Å².